The van der Waals surface area contributed by atoms with Gasteiger partial charge in [0.25, 0.3) is 0 Å². The zero-order chi connectivity index (χ0) is 23.9. The Morgan fingerprint density at radius 1 is 1.00 bits per heavy atom. The molecule has 4 fully saturated rings. The van der Waals surface area contributed by atoms with Crippen LogP contribution in [0.25, 0.3) is 0 Å². The number of carbonyl (C=O) groups is 1. The molecule has 1 aromatic carbocycles. The molecule has 4 heteroatoms. The van der Waals surface area contributed by atoms with E-state index in [0.29, 0.717) is 43.7 Å². The van der Waals surface area contributed by atoms with E-state index in [-0.39, 0.29) is 16.7 Å². The van der Waals surface area contributed by atoms with E-state index in [2.05, 4.69) is 52.0 Å². The average Bonchev–Trinajstić information content (AvgIpc) is 3.35. The largest absolute Gasteiger partial charge is 0.385 e. The predicted molar refractivity (Wildman–Crippen MR) is 132 cm³/mol. The van der Waals surface area contributed by atoms with E-state index in [9.17, 15) is 9.90 Å². The molecule has 1 N–H and O–H groups in total. The summed E-state index contributed by atoms with van der Waals surface area (Å²) >= 11 is 0. The summed E-state index contributed by atoms with van der Waals surface area (Å²) < 4.78 is 12.1. The Labute approximate surface area is 204 Å². The first-order valence-electron chi connectivity index (χ1n) is 13.4. The maximum atomic E-state index is 13.2. The van der Waals surface area contributed by atoms with Gasteiger partial charge < -0.3 is 14.6 Å². The molecular formula is C30H40O4. The van der Waals surface area contributed by atoms with E-state index in [0.717, 1.165) is 38.5 Å². The van der Waals surface area contributed by atoms with E-state index in [1.54, 1.807) is 0 Å². The van der Waals surface area contributed by atoms with E-state index in [1.165, 1.54) is 22.3 Å². The predicted octanol–water partition coefficient (Wildman–Crippen LogP) is 5.82. The Hall–Kier alpha value is -1.49. The minimum absolute atomic E-state index is 0.109. The summed E-state index contributed by atoms with van der Waals surface area (Å²) in [5.74, 6) is 0.846. The number of fused-ring (bicyclic) bond motifs is 4. The fourth-order valence-electron chi connectivity index (χ4n) is 8.30. The number of rotatable bonds is 1. The van der Waals surface area contributed by atoms with E-state index >= 15 is 0 Å². The van der Waals surface area contributed by atoms with Gasteiger partial charge in [-0.2, -0.15) is 0 Å². The van der Waals surface area contributed by atoms with Gasteiger partial charge in [-0.1, -0.05) is 57.5 Å². The number of carbonyl (C=O) groups excluding carboxylic acids is 1. The van der Waals surface area contributed by atoms with Crippen molar-refractivity contribution in [3.8, 4) is 0 Å². The first-order valence-corrected chi connectivity index (χ1v) is 13.4. The number of aliphatic hydroxyl groups is 1. The number of ether oxygens (including phenoxy) is 2. The molecule has 5 aliphatic rings. The maximum Gasteiger partial charge on any atom is 0.171 e. The lowest BCUT2D eigenvalue weighted by molar-refractivity contribution is -0.208. The molecule has 0 radical (unpaired) electrons. The van der Waals surface area contributed by atoms with Gasteiger partial charge >= 0.3 is 0 Å². The third-order valence-electron chi connectivity index (χ3n) is 10.1. The van der Waals surface area contributed by atoms with Crippen molar-refractivity contribution < 1.29 is 19.4 Å². The molecule has 4 aliphatic carbocycles. The topological polar surface area (TPSA) is 55.8 Å². The van der Waals surface area contributed by atoms with Gasteiger partial charge in [0.2, 0.25) is 0 Å². The van der Waals surface area contributed by atoms with Crippen LogP contribution in [0.5, 0.6) is 0 Å². The molecule has 5 atom stereocenters. The van der Waals surface area contributed by atoms with Crippen molar-refractivity contribution in [2.45, 2.75) is 102 Å². The molecule has 3 saturated carbocycles. The fraction of sp³-hybridized carbons (Fsp3) is 0.700. The number of Topliss-reactive ketones (excluding diaryl/α,β-unsaturated/α-hetero) is 1. The second-order valence-electron chi connectivity index (χ2n) is 13.0. The van der Waals surface area contributed by atoms with Gasteiger partial charge in [-0.3, -0.25) is 4.79 Å². The zero-order valence-electron chi connectivity index (χ0n) is 21.3. The van der Waals surface area contributed by atoms with Crippen LogP contribution in [0.4, 0.5) is 0 Å². The fourth-order valence-corrected chi connectivity index (χ4v) is 8.30. The van der Waals surface area contributed by atoms with Gasteiger partial charge in [0.15, 0.2) is 5.79 Å². The van der Waals surface area contributed by atoms with Crippen LogP contribution in [0.1, 0.15) is 96.1 Å². The average molecular weight is 465 g/mol. The Bertz CT molecular complexity index is 1020. The van der Waals surface area contributed by atoms with Crippen LogP contribution >= 0.6 is 0 Å². The van der Waals surface area contributed by atoms with Crippen LogP contribution in [0.3, 0.4) is 0 Å². The molecule has 0 aromatic heterocycles. The smallest absolute Gasteiger partial charge is 0.171 e. The number of ketones is 1. The highest BCUT2D eigenvalue weighted by atomic mass is 16.7. The quantitative estimate of drug-likeness (QED) is 0.532. The summed E-state index contributed by atoms with van der Waals surface area (Å²) in [6.07, 6.45) is 6.48. The highest BCUT2D eigenvalue weighted by Crippen LogP contribution is 2.64. The number of allylic oxidation sites excluding steroid dienone is 1. The highest BCUT2D eigenvalue weighted by molar-refractivity contribution is 5.87. The highest BCUT2D eigenvalue weighted by Gasteiger charge is 2.60. The molecule has 3 unspecified atom stereocenters. The van der Waals surface area contributed by atoms with Crippen LogP contribution in [0.2, 0.25) is 0 Å². The number of hydrogen-bond acceptors (Lipinski definition) is 4. The lowest BCUT2D eigenvalue weighted by Crippen LogP contribution is -2.53. The van der Waals surface area contributed by atoms with Gasteiger partial charge in [0.05, 0.1) is 18.8 Å². The SMILES string of the molecule is CC(C)(C)c1ccc(C2C[C@]3(C)C(=O)CCC3C3CC[C@@]4(O)CC5(CCC4=C23)OCCO5)cc1. The molecular weight excluding hydrogens is 424 g/mol. The molecule has 1 aliphatic heterocycles. The van der Waals surface area contributed by atoms with E-state index < -0.39 is 11.4 Å². The van der Waals surface area contributed by atoms with Gasteiger partial charge in [-0.25, -0.2) is 0 Å². The summed E-state index contributed by atoms with van der Waals surface area (Å²) in [7, 11) is 0. The molecule has 184 valence electrons. The van der Waals surface area contributed by atoms with Gasteiger partial charge in [-0.05, 0) is 66.1 Å². The molecule has 6 rings (SSSR count). The van der Waals surface area contributed by atoms with Crippen LogP contribution in [0.15, 0.2) is 35.4 Å². The van der Waals surface area contributed by atoms with Crippen molar-refractivity contribution in [1.82, 2.24) is 0 Å². The van der Waals surface area contributed by atoms with Gasteiger partial charge in [-0.15, -0.1) is 0 Å². The Kier molecular flexibility index (Phi) is 5.06. The van der Waals surface area contributed by atoms with E-state index in [1.807, 2.05) is 0 Å². The summed E-state index contributed by atoms with van der Waals surface area (Å²) in [6, 6.07) is 9.12. The minimum atomic E-state index is -0.853. The van der Waals surface area contributed by atoms with Crippen molar-refractivity contribution in [2.75, 3.05) is 13.2 Å². The normalized spacial score (nSPS) is 39.2. The van der Waals surface area contributed by atoms with Crippen LogP contribution in [-0.2, 0) is 19.7 Å². The lowest BCUT2D eigenvalue weighted by Gasteiger charge is -2.55. The van der Waals surface area contributed by atoms with Crippen LogP contribution in [0, 0.1) is 17.3 Å². The number of benzene rings is 1. The third kappa shape index (κ3) is 3.32. The van der Waals surface area contributed by atoms with Crippen LogP contribution in [-0.4, -0.2) is 35.5 Å². The lowest BCUT2D eigenvalue weighted by atomic mass is 9.51. The van der Waals surface area contributed by atoms with Gasteiger partial charge in [0, 0.05) is 30.6 Å². The maximum absolute atomic E-state index is 13.2. The summed E-state index contributed by atoms with van der Waals surface area (Å²) in [5.41, 5.74) is 4.36. The molecule has 1 saturated heterocycles. The van der Waals surface area contributed by atoms with Gasteiger partial charge in [0.1, 0.15) is 5.78 Å². The van der Waals surface area contributed by atoms with Crippen LogP contribution < -0.4 is 0 Å². The minimum Gasteiger partial charge on any atom is -0.385 e. The van der Waals surface area contributed by atoms with Crippen molar-refractivity contribution in [3.05, 3.63) is 46.5 Å². The summed E-state index contributed by atoms with van der Waals surface area (Å²) in [4.78, 5) is 13.2. The molecule has 1 spiro atoms. The molecule has 0 bridgehead atoms. The van der Waals surface area contributed by atoms with Crippen molar-refractivity contribution in [1.29, 1.82) is 0 Å². The van der Waals surface area contributed by atoms with Crippen molar-refractivity contribution >= 4 is 5.78 Å². The van der Waals surface area contributed by atoms with Crippen molar-refractivity contribution in [2.24, 2.45) is 17.3 Å². The number of hydrogen-bond donors (Lipinski definition) is 1. The van der Waals surface area contributed by atoms with Crippen molar-refractivity contribution in [3.63, 3.8) is 0 Å². The van der Waals surface area contributed by atoms with E-state index in [4.69, 9.17) is 9.47 Å². The second-order valence-corrected chi connectivity index (χ2v) is 13.0. The zero-order valence-corrected chi connectivity index (χ0v) is 21.3. The molecule has 4 nitrogen and oxygen atoms in total. The monoisotopic (exact) mass is 464 g/mol. The Morgan fingerprint density at radius 2 is 1.71 bits per heavy atom. The second kappa shape index (κ2) is 7.51. The summed E-state index contributed by atoms with van der Waals surface area (Å²) in [6.45, 7) is 10.2. The molecule has 34 heavy (non-hydrogen) atoms. The Balaban J connectivity index is 1.46. The first kappa shape index (κ1) is 22.9. The Morgan fingerprint density at radius 3 is 2.38 bits per heavy atom. The molecule has 1 heterocycles. The molecule has 1 aromatic rings. The molecule has 0 amide bonds. The standard InChI is InChI=1S/C30H40O4/c1-27(2,3)20-7-5-19(6-8-20)22-17-28(4)23(9-10-25(28)31)21-11-13-29(32)18-30(33-15-16-34-30)14-12-24(29)26(21)22/h5-8,21-23,32H,9-18H2,1-4H3/t21?,22?,23?,28-,29+/m0/s1. The first-order chi connectivity index (χ1) is 16.0. The third-order valence-corrected chi connectivity index (χ3v) is 10.1. The summed E-state index contributed by atoms with van der Waals surface area (Å²) in [5, 5.41) is 12.0.